The monoisotopic (exact) mass is 721 g/mol. The summed E-state index contributed by atoms with van der Waals surface area (Å²) in [5.74, 6) is -33.0. The first-order valence-corrected chi connectivity index (χ1v) is 12.2. The van der Waals surface area contributed by atoms with Gasteiger partial charge in [-0.3, -0.25) is 0 Å². The highest BCUT2D eigenvalue weighted by Gasteiger charge is 2.53. The van der Waals surface area contributed by atoms with Crippen molar-refractivity contribution in [3.63, 3.8) is 0 Å². The number of allylic oxidation sites excluding steroid dienone is 3. The van der Waals surface area contributed by atoms with Crippen LogP contribution in [0.1, 0.15) is 28.2 Å². The summed E-state index contributed by atoms with van der Waals surface area (Å²) in [6.45, 7) is 0. The number of benzene rings is 2. The van der Waals surface area contributed by atoms with E-state index in [9.17, 15) is 90.4 Å². The first kappa shape index (κ1) is 36.4. The third-order valence-electron chi connectivity index (χ3n) is 6.99. The molecule has 0 saturated heterocycles. The number of rotatable bonds is 5. The van der Waals surface area contributed by atoms with E-state index >= 15 is 0 Å². The molecule has 2 aromatic carbocycles. The van der Waals surface area contributed by atoms with Crippen molar-refractivity contribution in [2.45, 2.75) is 30.5 Å². The van der Waals surface area contributed by atoms with Crippen LogP contribution in [0.25, 0.3) is 5.57 Å². The number of halogens is 17. The molecule has 0 amide bonds. The summed E-state index contributed by atoms with van der Waals surface area (Å²) < 4.78 is 239. The molecule has 5 nitrogen and oxygen atoms in total. The number of amidine groups is 1. The lowest BCUT2D eigenvalue weighted by Crippen LogP contribution is -2.36. The van der Waals surface area contributed by atoms with Crippen LogP contribution in [0.4, 0.5) is 74.6 Å². The van der Waals surface area contributed by atoms with Crippen LogP contribution in [0.3, 0.4) is 0 Å². The predicted octanol–water partition coefficient (Wildman–Crippen LogP) is 8.29. The molecule has 0 aromatic heterocycles. The zero-order valence-corrected chi connectivity index (χ0v) is 22.5. The minimum absolute atomic E-state index is 0.795. The number of alkyl halides is 7. The Labute approximate surface area is 258 Å². The van der Waals surface area contributed by atoms with Gasteiger partial charge in [-0.15, -0.1) is 0 Å². The SMILES string of the molecule is N#C/C(=C1C(C(C#N)c2c(F)c(F)c(C(F)(F)F)c(F)c2F)=C/1C(C#N)C1N=C(F)N=C(F)C1F)c1c(F)c(F)c(C(F)(F)F)c(F)c1F. The van der Waals surface area contributed by atoms with Gasteiger partial charge in [0.15, 0.2) is 52.7 Å². The van der Waals surface area contributed by atoms with Gasteiger partial charge >= 0.3 is 18.4 Å². The molecule has 22 heteroatoms. The Hall–Kier alpha value is -5.46. The fourth-order valence-electron chi connectivity index (χ4n) is 4.93. The van der Waals surface area contributed by atoms with Crippen LogP contribution in [0.5, 0.6) is 0 Å². The van der Waals surface area contributed by atoms with E-state index in [-0.39, 0.29) is 0 Å². The Kier molecular flexibility index (Phi) is 9.06. The maximum atomic E-state index is 15.0. The van der Waals surface area contributed by atoms with Crippen LogP contribution in [-0.2, 0) is 12.4 Å². The first-order valence-electron chi connectivity index (χ1n) is 12.2. The smallest absolute Gasteiger partial charge is 0.235 e. The maximum absolute atomic E-state index is 15.0. The number of hydrogen-bond donors (Lipinski definition) is 0. The van der Waals surface area contributed by atoms with Gasteiger partial charge in [0.1, 0.15) is 29.2 Å². The summed E-state index contributed by atoms with van der Waals surface area (Å²) in [7, 11) is 0. The molecule has 2 aromatic rings. The molecule has 4 unspecified atom stereocenters. The molecule has 0 radical (unpaired) electrons. The molecular formula is C27H4F17N5. The van der Waals surface area contributed by atoms with Gasteiger partial charge in [-0.1, -0.05) is 0 Å². The summed E-state index contributed by atoms with van der Waals surface area (Å²) >= 11 is 0. The van der Waals surface area contributed by atoms with Gasteiger partial charge in [-0.2, -0.15) is 55.9 Å². The maximum Gasteiger partial charge on any atom is 0.422 e. The van der Waals surface area contributed by atoms with Gasteiger partial charge in [-0.25, -0.2) is 44.5 Å². The highest BCUT2D eigenvalue weighted by atomic mass is 19.4. The Balaban J connectivity index is 2.14. The van der Waals surface area contributed by atoms with Crippen LogP contribution in [0, 0.1) is 86.4 Å². The Morgan fingerprint density at radius 2 is 1.08 bits per heavy atom. The summed E-state index contributed by atoms with van der Waals surface area (Å²) in [5, 5.41) is 29.2. The average molecular weight is 721 g/mol. The predicted molar refractivity (Wildman–Crippen MR) is 125 cm³/mol. The summed E-state index contributed by atoms with van der Waals surface area (Å²) in [6.07, 6.45) is -17.6. The van der Waals surface area contributed by atoms with Crippen molar-refractivity contribution >= 4 is 17.6 Å². The highest BCUT2D eigenvalue weighted by Crippen LogP contribution is 2.57. The van der Waals surface area contributed by atoms with E-state index in [1.807, 2.05) is 0 Å². The molecule has 0 bridgehead atoms. The molecule has 4 rings (SSSR count). The normalized spacial score (nSPS) is 20.1. The Morgan fingerprint density at radius 1 is 0.633 bits per heavy atom. The highest BCUT2D eigenvalue weighted by molar-refractivity contribution is 5.97. The van der Waals surface area contributed by atoms with E-state index in [0.29, 0.717) is 0 Å². The molecule has 1 heterocycles. The first-order chi connectivity index (χ1) is 22.6. The van der Waals surface area contributed by atoms with Crippen LogP contribution >= 0.6 is 0 Å². The minimum Gasteiger partial charge on any atom is -0.235 e. The number of nitrogens with zero attached hydrogens (tertiary/aromatic N) is 5. The lowest BCUT2D eigenvalue weighted by molar-refractivity contribution is -0.144. The van der Waals surface area contributed by atoms with E-state index in [0.717, 1.165) is 18.2 Å². The van der Waals surface area contributed by atoms with Crippen molar-refractivity contribution in [2.75, 3.05) is 0 Å². The van der Waals surface area contributed by atoms with Gasteiger partial charge in [0.25, 0.3) is 0 Å². The van der Waals surface area contributed by atoms with E-state index in [1.165, 1.54) is 0 Å². The van der Waals surface area contributed by atoms with Crippen LogP contribution in [0.2, 0.25) is 0 Å². The zero-order chi connectivity index (χ0) is 37.2. The standard InChI is InChI=1S/C27H4F17N5/c28-14-10(15(29)19(33)12(18(14)32)26(39,40)41)4(1-45)7-8(9(7)6(3-47)23-22(36)24(37)49-25(38)48-23)5(2-46)11-16(30)20(34)13(27(42,43)44)21(35)17(11)31/h4,6,22-23H/b8-5+. The average Bonchev–Trinajstić information content (AvgIpc) is 3.70. The van der Waals surface area contributed by atoms with E-state index in [1.54, 1.807) is 0 Å². The second kappa shape index (κ2) is 12.2. The fraction of sp³-hybridized carbons (Fsp3) is 0.222. The van der Waals surface area contributed by atoms with Crippen LogP contribution in [-0.4, -0.2) is 24.3 Å². The lowest BCUT2D eigenvalue weighted by atomic mass is 9.91. The zero-order valence-electron chi connectivity index (χ0n) is 22.5. The van der Waals surface area contributed by atoms with Crippen molar-refractivity contribution < 1.29 is 74.6 Å². The molecule has 256 valence electrons. The van der Waals surface area contributed by atoms with Gasteiger partial charge in [0.05, 0.1) is 34.8 Å². The van der Waals surface area contributed by atoms with E-state index in [4.69, 9.17) is 0 Å². The number of nitriles is 3. The second-order valence-electron chi connectivity index (χ2n) is 9.63. The van der Waals surface area contributed by atoms with E-state index in [2.05, 4.69) is 9.98 Å². The third kappa shape index (κ3) is 5.72. The molecule has 0 fully saturated rings. The fourth-order valence-corrected chi connectivity index (χ4v) is 4.93. The van der Waals surface area contributed by atoms with Crippen LogP contribution in [0.15, 0.2) is 26.7 Å². The van der Waals surface area contributed by atoms with Crippen molar-refractivity contribution in [1.29, 1.82) is 15.8 Å². The van der Waals surface area contributed by atoms with Crippen LogP contribution < -0.4 is 0 Å². The number of hydrogen-bond acceptors (Lipinski definition) is 5. The van der Waals surface area contributed by atoms with Gasteiger partial charge in [0, 0.05) is 5.57 Å². The van der Waals surface area contributed by atoms with Crippen molar-refractivity contribution in [2.24, 2.45) is 15.9 Å². The Morgan fingerprint density at radius 3 is 1.47 bits per heavy atom. The third-order valence-corrected chi connectivity index (χ3v) is 6.99. The van der Waals surface area contributed by atoms with Crippen molar-refractivity contribution in [1.82, 2.24) is 0 Å². The van der Waals surface area contributed by atoms with Gasteiger partial charge < -0.3 is 0 Å². The summed E-state index contributed by atoms with van der Waals surface area (Å²) in [4.78, 5) is 5.21. The quantitative estimate of drug-likeness (QED) is 0.135. The molecule has 4 atom stereocenters. The molecule has 2 aliphatic rings. The second-order valence-corrected chi connectivity index (χ2v) is 9.63. The summed E-state index contributed by atoms with van der Waals surface area (Å²) in [6, 6.07) is -0.0201. The molecule has 1 aliphatic heterocycles. The van der Waals surface area contributed by atoms with Gasteiger partial charge in [0.2, 0.25) is 5.97 Å². The molecule has 0 saturated carbocycles. The molecule has 49 heavy (non-hydrogen) atoms. The Bertz CT molecular complexity index is 2010. The minimum atomic E-state index is -6.14. The molecular weight excluding hydrogens is 717 g/mol. The van der Waals surface area contributed by atoms with Gasteiger partial charge in [-0.05, 0) is 11.1 Å². The van der Waals surface area contributed by atoms with Crippen molar-refractivity contribution in [3.05, 3.63) is 85.5 Å². The van der Waals surface area contributed by atoms with Crippen molar-refractivity contribution in [3.8, 4) is 18.2 Å². The molecule has 0 N–H and O–H groups in total. The number of aliphatic imine (C=N–C) groups is 2. The largest absolute Gasteiger partial charge is 0.422 e. The molecule has 0 spiro atoms. The molecule has 1 aliphatic carbocycles. The van der Waals surface area contributed by atoms with E-state index < -0.39 is 140 Å². The topological polar surface area (TPSA) is 96.1 Å². The lowest BCUT2D eigenvalue weighted by Gasteiger charge is -2.21. The summed E-state index contributed by atoms with van der Waals surface area (Å²) in [5.41, 5.74) is -17.5.